The van der Waals surface area contributed by atoms with Gasteiger partial charge in [0.15, 0.2) is 0 Å². The molecule has 1 fully saturated rings. The van der Waals surface area contributed by atoms with Crippen molar-refractivity contribution in [3.63, 3.8) is 0 Å². The fourth-order valence-electron chi connectivity index (χ4n) is 0.948. The van der Waals surface area contributed by atoms with Crippen LogP contribution in [0.1, 0.15) is 0 Å². The fraction of sp³-hybridized carbons (Fsp3) is 0. The first-order chi connectivity index (χ1) is 5.36. The third-order valence-corrected chi connectivity index (χ3v) is 6.74. The smallest absolute Gasteiger partial charge is 0.337 e. The lowest BCUT2D eigenvalue weighted by Gasteiger charge is -2.25. The van der Waals surface area contributed by atoms with Crippen molar-refractivity contribution in [2.45, 2.75) is 0 Å². The summed E-state index contributed by atoms with van der Waals surface area (Å²) in [5.41, 5.74) is 0. The van der Waals surface area contributed by atoms with Crippen LogP contribution in [0, 0.1) is 3.57 Å². The van der Waals surface area contributed by atoms with E-state index in [9.17, 15) is 0 Å². The van der Waals surface area contributed by atoms with E-state index in [0.29, 0.717) is 0 Å². The highest BCUT2D eigenvalue weighted by Crippen LogP contribution is 2.04. The van der Waals surface area contributed by atoms with Gasteiger partial charge in [-0.3, -0.25) is 0 Å². The molecule has 1 aromatic carbocycles. The summed E-state index contributed by atoms with van der Waals surface area (Å²) < 4.78 is 12.1. The third kappa shape index (κ3) is 1.72. The zero-order chi connectivity index (χ0) is 7.68. The summed E-state index contributed by atoms with van der Waals surface area (Å²) in [7, 11) is -1.86. The predicted octanol–water partition coefficient (Wildman–Crippen LogP) is -0.236. The lowest BCUT2D eigenvalue weighted by Crippen LogP contribution is -2.48. The fourth-order valence-corrected chi connectivity index (χ4v) is 4.44. The third-order valence-electron chi connectivity index (χ3n) is 1.58. The second kappa shape index (κ2) is 3.36. The van der Waals surface area contributed by atoms with E-state index in [1.54, 1.807) is 0 Å². The van der Waals surface area contributed by atoms with Gasteiger partial charge in [0.1, 0.15) is 0 Å². The van der Waals surface area contributed by atoms with Crippen LogP contribution in [0.3, 0.4) is 0 Å². The van der Waals surface area contributed by atoms with Crippen LogP contribution >= 0.6 is 22.6 Å². The summed E-state index contributed by atoms with van der Waals surface area (Å²) in [6.45, 7) is 0. The van der Waals surface area contributed by atoms with Crippen molar-refractivity contribution in [1.29, 1.82) is 0 Å². The molecule has 0 spiro atoms. The van der Waals surface area contributed by atoms with Gasteiger partial charge in [-0.1, -0.05) is 12.1 Å². The molecule has 0 amide bonds. The molecular weight excluding hydrogens is 287 g/mol. The standard InChI is InChI=1S/C6H7IO2Si2/c7-5-1-3-6(4-2-5)11-8-10-9-11/h1-4,11H,10H2. The van der Waals surface area contributed by atoms with E-state index in [0.717, 1.165) is 0 Å². The highest BCUT2D eigenvalue weighted by atomic mass is 127. The Labute approximate surface area is 83.0 Å². The number of benzene rings is 1. The molecule has 0 bridgehead atoms. The molecule has 1 aliphatic heterocycles. The molecule has 11 heavy (non-hydrogen) atoms. The molecule has 2 rings (SSSR count). The summed E-state index contributed by atoms with van der Waals surface area (Å²) in [5.74, 6) is 0. The van der Waals surface area contributed by atoms with Gasteiger partial charge in [-0.2, -0.15) is 0 Å². The van der Waals surface area contributed by atoms with E-state index in [-0.39, 0.29) is 0 Å². The predicted molar refractivity (Wildman–Crippen MR) is 56.7 cm³/mol. The molecule has 2 nitrogen and oxygen atoms in total. The van der Waals surface area contributed by atoms with Gasteiger partial charge in [-0.25, -0.2) is 0 Å². The Balaban J connectivity index is 2.18. The molecule has 0 saturated carbocycles. The van der Waals surface area contributed by atoms with Crippen LogP contribution in [-0.4, -0.2) is 19.3 Å². The van der Waals surface area contributed by atoms with Crippen LogP contribution in [0.2, 0.25) is 0 Å². The average molecular weight is 294 g/mol. The van der Waals surface area contributed by atoms with E-state index in [2.05, 4.69) is 46.9 Å². The number of hydrogen-bond donors (Lipinski definition) is 0. The maximum atomic E-state index is 5.41. The minimum absolute atomic E-state index is 0.536. The zero-order valence-corrected chi connectivity index (χ0v) is 10.5. The van der Waals surface area contributed by atoms with Crippen molar-refractivity contribution in [2.75, 3.05) is 0 Å². The molecule has 1 aromatic rings. The molecule has 0 atom stereocenters. The zero-order valence-electron chi connectivity index (χ0n) is 5.79. The molecular formula is C6H7IO2Si2. The topological polar surface area (TPSA) is 18.5 Å². The molecule has 0 aliphatic carbocycles. The van der Waals surface area contributed by atoms with Crippen molar-refractivity contribution in [3.8, 4) is 0 Å². The maximum absolute atomic E-state index is 5.41. The van der Waals surface area contributed by atoms with Crippen molar-refractivity contribution in [1.82, 2.24) is 0 Å². The molecule has 0 aromatic heterocycles. The second-order valence-corrected chi connectivity index (χ2v) is 7.81. The van der Waals surface area contributed by atoms with Gasteiger partial charge in [0, 0.05) is 3.57 Å². The normalized spacial score (nSPS) is 25.0. The van der Waals surface area contributed by atoms with E-state index in [1.807, 2.05) is 0 Å². The first kappa shape index (κ1) is 7.93. The van der Waals surface area contributed by atoms with Gasteiger partial charge in [0.05, 0.1) is 0 Å². The Morgan fingerprint density at radius 1 is 1.18 bits per heavy atom. The van der Waals surface area contributed by atoms with Crippen molar-refractivity contribution in [2.24, 2.45) is 0 Å². The molecule has 58 valence electrons. The Morgan fingerprint density at radius 3 is 2.27 bits per heavy atom. The van der Waals surface area contributed by atoms with Crippen molar-refractivity contribution < 1.29 is 8.23 Å². The highest BCUT2D eigenvalue weighted by molar-refractivity contribution is 14.1. The minimum Gasteiger partial charge on any atom is -0.419 e. The Hall–Kier alpha value is 0.304. The molecule has 5 heteroatoms. The lowest BCUT2D eigenvalue weighted by atomic mass is 10.4. The van der Waals surface area contributed by atoms with Gasteiger partial charge in [-0.05, 0) is 39.9 Å². The molecule has 1 aliphatic rings. The SMILES string of the molecule is Ic1ccc([SiH]2O[SiH2]O2)cc1. The van der Waals surface area contributed by atoms with Gasteiger partial charge in [0.25, 0.3) is 10.0 Å². The van der Waals surface area contributed by atoms with Crippen LogP contribution in [0.4, 0.5) is 0 Å². The summed E-state index contributed by atoms with van der Waals surface area (Å²) in [5, 5.41) is 1.27. The van der Waals surface area contributed by atoms with E-state index in [4.69, 9.17) is 8.23 Å². The summed E-state index contributed by atoms with van der Waals surface area (Å²) in [6, 6.07) is 8.39. The van der Waals surface area contributed by atoms with Gasteiger partial charge in [0.2, 0.25) is 0 Å². The summed E-state index contributed by atoms with van der Waals surface area (Å²) >= 11 is 2.29. The largest absolute Gasteiger partial charge is 0.419 e. The van der Waals surface area contributed by atoms with Gasteiger partial charge in [-0.15, -0.1) is 0 Å². The average Bonchev–Trinajstić information content (AvgIpc) is 1.90. The van der Waals surface area contributed by atoms with E-state index < -0.39 is 19.3 Å². The van der Waals surface area contributed by atoms with Gasteiger partial charge >= 0.3 is 9.28 Å². The first-order valence-corrected chi connectivity index (χ1v) is 7.10. The van der Waals surface area contributed by atoms with Crippen molar-refractivity contribution in [3.05, 3.63) is 27.8 Å². The van der Waals surface area contributed by atoms with Crippen LogP contribution in [0.25, 0.3) is 0 Å². The monoisotopic (exact) mass is 294 g/mol. The Bertz CT molecular complexity index is 247. The molecule has 1 saturated heterocycles. The molecule has 0 radical (unpaired) electrons. The Kier molecular flexibility index (Phi) is 2.42. The van der Waals surface area contributed by atoms with Crippen LogP contribution < -0.4 is 5.19 Å². The number of hydrogen-bond acceptors (Lipinski definition) is 2. The van der Waals surface area contributed by atoms with E-state index >= 15 is 0 Å². The Morgan fingerprint density at radius 2 is 1.82 bits per heavy atom. The lowest BCUT2D eigenvalue weighted by molar-refractivity contribution is 0.327. The molecule has 0 unspecified atom stereocenters. The molecule has 1 heterocycles. The number of halogens is 1. The van der Waals surface area contributed by atoms with Crippen LogP contribution in [0.15, 0.2) is 24.3 Å². The second-order valence-electron chi connectivity index (χ2n) is 2.33. The minimum atomic E-state index is -1.32. The van der Waals surface area contributed by atoms with Crippen LogP contribution in [-0.2, 0) is 8.23 Å². The highest BCUT2D eigenvalue weighted by Gasteiger charge is 2.23. The summed E-state index contributed by atoms with van der Waals surface area (Å²) in [4.78, 5) is 0. The summed E-state index contributed by atoms with van der Waals surface area (Å²) in [6.07, 6.45) is 0. The quantitative estimate of drug-likeness (QED) is 0.526. The van der Waals surface area contributed by atoms with Crippen molar-refractivity contribution >= 4 is 47.1 Å². The van der Waals surface area contributed by atoms with E-state index in [1.165, 1.54) is 8.76 Å². The molecule has 0 N–H and O–H groups in total. The number of rotatable bonds is 1. The maximum Gasteiger partial charge on any atom is 0.337 e. The first-order valence-electron chi connectivity index (χ1n) is 3.35. The van der Waals surface area contributed by atoms with Crippen LogP contribution in [0.5, 0.6) is 0 Å². The van der Waals surface area contributed by atoms with Gasteiger partial charge < -0.3 is 8.23 Å².